The molecule has 0 fully saturated rings. The molecule has 0 aromatic carbocycles. The molecule has 0 saturated heterocycles. The highest BCUT2D eigenvalue weighted by molar-refractivity contribution is 5.75. The lowest BCUT2D eigenvalue weighted by molar-refractivity contribution is 0.930. The molecule has 0 spiro atoms. The first-order chi connectivity index (χ1) is 5.70. The van der Waals surface area contributed by atoms with Crippen LogP contribution in [-0.4, -0.2) is 9.61 Å². The lowest BCUT2D eigenvalue weighted by Gasteiger charge is -1.96. The maximum Gasteiger partial charge on any atom is 0.0923 e. The predicted molar refractivity (Wildman–Crippen MR) is 49.1 cm³/mol. The average Bonchev–Trinajstić information content (AvgIpc) is 2.29. The maximum absolute atomic E-state index is 5.86. The molecule has 0 unspecified atom stereocenters. The second kappa shape index (κ2) is 2.24. The zero-order valence-corrected chi connectivity index (χ0v) is 7.20. The van der Waals surface area contributed by atoms with Crippen molar-refractivity contribution in [2.24, 2.45) is 0 Å². The Labute approximate surface area is 70.8 Å². The molecule has 2 heterocycles. The van der Waals surface area contributed by atoms with E-state index in [1.165, 1.54) is 0 Å². The quantitative estimate of drug-likeness (QED) is 0.636. The number of aryl methyl sites for hydroxylation is 2. The third-order valence-electron chi connectivity index (χ3n) is 2.08. The first kappa shape index (κ1) is 7.16. The number of nitrogens with two attached hydrogens (primary N) is 1. The highest BCUT2D eigenvalue weighted by Crippen LogP contribution is 2.20. The topological polar surface area (TPSA) is 43.3 Å². The normalized spacial score (nSPS) is 10.8. The van der Waals surface area contributed by atoms with Crippen molar-refractivity contribution in [3.05, 3.63) is 29.6 Å². The fourth-order valence-electron chi connectivity index (χ4n) is 1.41. The Morgan fingerprint density at radius 1 is 1.42 bits per heavy atom. The minimum Gasteiger partial charge on any atom is -0.395 e. The van der Waals surface area contributed by atoms with Crippen molar-refractivity contribution in [1.82, 2.24) is 9.61 Å². The standard InChI is InChI=1S/C9H11N3/c1-6-4-3-5-12-9(6)8(10)7(2)11-12/h3-5H,10H2,1-2H3. The van der Waals surface area contributed by atoms with Crippen molar-refractivity contribution in [3.63, 3.8) is 0 Å². The van der Waals surface area contributed by atoms with E-state index in [-0.39, 0.29) is 0 Å². The number of nitrogens with zero attached hydrogens (tertiary/aromatic N) is 2. The molecule has 12 heavy (non-hydrogen) atoms. The largest absolute Gasteiger partial charge is 0.395 e. The summed E-state index contributed by atoms with van der Waals surface area (Å²) in [7, 11) is 0. The van der Waals surface area contributed by atoms with Crippen LogP contribution in [0.1, 0.15) is 11.3 Å². The van der Waals surface area contributed by atoms with E-state index in [0.29, 0.717) is 0 Å². The van der Waals surface area contributed by atoms with E-state index >= 15 is 0 Å². The summed E-state index contributed by atoms with van der Waals surface area (Å²) in [4.78, 5) is 0. The summed E-state index contributed by atoms with van der Waals surface area (Å²) in [6.07, 6.45) is 1.91. The van der Waals surface area contributed by atoms with Crippen molar-refractivity contribution in [1.29, 1.82) is 0 Å². The lowest BCUT2D eigenvalue weighted by atomic mass is 10.2. The van der Waals surface area contributed by atoms with Gasteiger partial charge in [-0.2, -0.15) is 5.10 Å². The van der Waals surface area contributed by atoms with Gasteiger partial charge < -0.3 is 5.73 Å². The molecule has 3 nitrogen and oxygen atoms in total. The van der Waals surface area contributed by atoms with Gasteiger partial charge in [-0.05, 0) is 25.5 Å². The van der Waals surface area contributed by atoms with Crippen molar-refractivity contribution in [2.75, 3.05) is 5.73 Å². The molecular formula is C9H11N3. The molecule has 0 saturated carbocycles. The number of fused-ring (bicyclic) bond motifs is 1. The second-order valence-corrected chi connectivity index (χ2v) is 2.98. The Hall–Kier alpha value is -1.51. The molecule has 3 heteroatoms. The van der Waals surface area contributed by atoms with Gasteiger partial charge in [-0.3, -0.25) is 0 Å². The molecule has 0 aliphatic rings. The molecule has 0 aliphatic heterocycles. The van der Waals surface area contributed by atoms with Crippen LogP contribution in [0.5, 0.6) is 0 Å². The molecule has 0 radical (unpaired) electrons. The molecule has 0 amide bonds. The Bertz CT molecular complexity index is 429. The molecule has 2 N–H and O–H groups in total. The van der Waals surface area contributed by atoms with Gasteiger partial charge >= 0.3 is 0 Å². The van der Waals surface area contributed by atoms with Crippen LogP contribution in [0, 0.1) is 13.8 Å². The van der Waals surface area contributed by atoms with E-state index in [2.05, 4.69) is 5.10 Å². The van der Waals surface area contributed by atoms with E-state index < -0.39 is 0 Å². The summed E-state index contributed by atoms with van der Waals surface area (Å²) in [6.45, 7) is 3.95. The van der Waals surface area contributed by atoms with Crippen LogP contribution < -0.4 is 5.73 Å². The lowest BCUT2D eigenvalue weighted by Crippen LogP contribution is -1.89. The molecule has 0 bridgehead atoms. The van der Waals surface area contributed by atoms with Crippen molar-refractivity contribution < 1.29 is 0 Å². The summed E-state index contributed by atoms with van der Waals surface area (Å²) in [5, 5.41) is 4.27. The Morgan fingerprint density at radius 2 is 2.17 bits per heavy atom. The van der Waals surface area contributed by atoms with Gasteiger partial charge in [0, 0.05) is 6.20 Å². The highest BCUT2D eigenvalue weighted by Gasteiger charge is 2.06. The number of hydrogen-bond acceptors (Lipinski definition) is 2. The third-order valence-corrected chi connectivity index (χ3v) is 2.08. The molecule has 2 rings (SSSR count). The van der Waals surface area contributed by atoms with Gasteiger partial charge in [0.05, 0.1) is 16.9 Å². The Balaban J connectivity index is 2.97. The van der Waals surface area contributed by atoms with Crippen LogP contribution in [0.2, 0.25) is 0 Å². The number of hydrogen-bond donors (Lipinski definition) is 1. The summed E-state index contributed by atoms with van der Waals surface area (Å²) < 4.78 is 1.82. The van der Waals surface area contributed by atoms with Gasteiger partial charge in [0.25, 0.3) is 0 Å². The number of rotatable bonds is 0. The summed E-state index contributed by atoms with van der Waals surface area (Å²) >= 11 is 0. The van der Waals surface area contributed by atoms with Gasteiger partial charge in [-0.15, -0.1) is 0 Å². The average molecular weight is 161 g/mol. The number of pyridine rings is 1. The second-order valence-electron chi connectivity index (χ2n) is 2.98. The fraction of sp³-hybridized carbons (Fsp3) is 0.222. The van der Waals surface area contributed by atoms with Gasteiger partial charge in [0.15, 0.2) is 0 Å². The van der Waals surface area contributed by atoms with Gasteiger partial charge in [0.2, 0.25) is 0 Å². The van der Waals surface area contributed by atoms with Gasteiger partial charge in [-0.1, -0.05) is 6.07 Å². The zero-order chi connectivity index (χ0) is 8.72. The Kier molecular flexibility index (Phi) is 1.33. The fourth-order valence-corrected chi connectivity index (χ4v) is 1.41. The van der Waals surface area contributed by atoms with Gasteiger partial charge in [-0.25, -0.2) is 4.52 Å². The predicted octanol–water partition coefficient (Wildman–Crippen LogP) is 1.53. The first-order valence-corrected chi connectivity index (χ1v) is 3.90. The SMILES string of the molecule is Cc1nn2cccc(C)c2c1N. The molecule has 0 atom stereocenters. The third kappa shape index (κ3) is 0.794. The molecule has 0 aliphatic carbocycles. The van der Waals surface area contributed by atoms with Crippen molar-refractivity contribution in [3.8, 4) is 0 Å². The van der Waals surface area contributed by atoms with Crippen LogP contribution >= 0.6 is 0 Å². The highest BCUT2D eigenvalue weighted by atomic mass is 15.2. The smallest absolute Gasteiger partial charge is 0.0923 e. The minimum absolute atomic E-state index is 0.785. The van der Waals surface area contributed by atoms with E-state index in [4.69, 9.17) is 5.73 Å². The van der Waals surface area contributed by atoms with E-state index in [0.717, 1.165) is 22.5 Å². The minimum atomic E-state index is 0.785. The number of anilines is 1. The van der Waals surface area contributed by atoms with E-state index in [1.807, 2.05) is 36.7 Å². The monoisotopic (exact) mass is 161 g/mol. The molecule has 62 valence electrons. The number of aromatic nitrogens is 2. The summed E-state index contributed by atoms with van der Waals surface area (Å²) in [6, 6.07) is 4.00. The molecule has 2 aromatic rings. The van der Waals surface area contributed by atoms with Crippen LogP contribution in [0.3, 0.4) is 0 Å². The molecule has 2 aromatic heterocycles. The first-order valence-electron chi connectivity index (χ1n) is 3.90. The van der Waals surface area contributed by atoms with Crippen molar-refractivity contribution in [2.45, 2.75) is 13.8 Å². The summed E-state index contributed by atoms with van der Waals surface area (Å²) in [5.74, 6) is 0. The van der Waals surface area contributed by atoms with Crippen LogP contribution in [0.25, 0.3) is 5.52 Å². The summed E-state index contributed by atoms with van der Waals surface area (Å²) in [5.41, 5.74) is 9.72. The zero-order valence-electron chi connectivity index (χ0n) is 7.20. The van der Waals surface area contributed by atoms with Crippen LogP contribution in [0.4, 0.5) is 5.69 Å². The number of nitrogen functional groups attached to an aromatic ring is 1. The van der Waals surface area contributed by atoms with Crippen molar-refractivity contribution >= 4 is 11.2 Å². The maximum atomic E-state index is 5.86. The van der Waals surface area contributed by atoms with Crippen LogP contribution in [0.15, 0.2) is 18.3 Å². The van der Waals surface area contributed by atoms with E-state index in [1.54, 1.807) is 0 Å². The van der Waals surface area contributed by atoms with E-state index in [9.17, 15) is 0 Å². The van der Waals surface area contributed by atoms with Gasteiger partial charge in [0.1, 0.15) is 0 Å². The molecular weight excluding hydrogens is 150 g/mol. The Morgan fingerprint density at radius 3 is 2.83 bits per heavy atom. The van der Waals surface area contributed by atoms with Crippen LogP contribution in [-0.2, 0) is 0 Å².